The highest BCUT2D eigenvalue weighted by Gasteiger charge is 2.38. The Kier molecular flexibility index (Phi) is 6.78. The molecule has 0 radical (unpaired) electrons. The summed E-state index contributed by atoms with van der Waals surface area (Å²) in [5.74, 6) is -2.23. The Morgan fingerprint density at radius 2 is 2.00 bits per heavy atom. The normalized spacial score (nSPS) is 15.2. The third-order valence-electron chi connectivity index (χ3n) is 4.16. The van der Waals surface area contributed by atoms with Gasteiger partial charge >= 0.3 is 12.1 Å². The fourth-order valence-corrected chi connectivity index (χ4v) is 2.76. The summed E-state index contributed by atoms with van der Waals surface area (Å²) < 4.78 is 37.1. The molecule has 2 aromatic rings. The van der Waals surface area contributed by atoms with E-state index < -0.39 is 12.1 Å². The third-order valence-corrected chi connectivity index (χ3v) is 4.16. The van der Waals surface area contributed by atoms with E-state index in [-0.39, 0.29) is 12.3 Å². The van der Waals surface area contributed by atoms with Gasteiger partial charge in [-0.25, -0.2) is 4.79 Å². The van der Waals surface area contributed by atoms with E-state index in [1.807, 2.05) is 6.07 Å². The zero-order valence-electron chi connectivity index (χ0n) is 15.0. The van der Waals surface area contributed by atoms with Gasteiger partial charge in [-0.05, 0) is 18.9 Å². The molecule has 28 heavy (non-hydrogen) atoms. The maximum Gasteiger partial charge on any atom is 0.490 e. The van der Waals surface area contributed by atoms with Crippen LogP contribution in [0.15, 0.2) is 12.3 Å². The van der Waals surface area contributed by atoms with E-state index in [4.69, 9.17) is 20.4 Å². The molecule has 3 rings (SSSR count). The zero-order chi connectivity index (χ0) is 20.9. The molecule has 1 saturated heterocycles. The van der Waals surface area contributed by atoms with Crippen LogP contribution >= 0.6 is 0 Å². The number of carboxylic acids is 1. The van der Waals surface area contributed by atoms with Crippen molar-refractivity contribution >= 4 is 28.6 Å². The van der Waals surface area contributed by atoms with E-state index in [2.05, 4.69) is 20.1 Å². The van der Waals surface area contributed by atoms with Crippen molar-refractivity contribution in [3.63, 3.8) is 0 Å². The molecule has 3 heterocycles. The van der Waals surface area contributed by atoms with Crippen molar-refractivity contribution < 1.29 is 32.6 Å². The number of hydrogen-bond donors (Lipinski definition) is 3. The molecule has 0 unspecified atom stereocenters. The first-order valence-corrected chi connectivity index (χ1v) is 8.31. The number of carbonyl (C=O) groups is 2. The number of amides is 1. The molecule has 0 bridgehead atoms. The fourth-order valence-electron chi connectivity index (χ4n) is 2.76. The molecule has 0 saturated carbocycles. The maximum absolute atomic E-state index is 11.0. The van der Waals surface area contributed by atoms with E-state index in [1.165, 1.54) is 0 Å². The minimum absolute atomic E-state index is 0.142. The molecule has 0 aliphatic carbocycles. The van der Waals surface area contributed by atoms with Gasteiger partial charge in [-0.15, -0.1) is 0 Å². The van der Waals surface area contributed by atoms with Crippen molar-refractivity contribution in [2.24, 2.45) is 5.73 Å². The minimum Gasteiger partial charge on any atom is -0.475 e. The number of halogens is 3. The lowest BCUT2D eigenvalue weighted by atomic mass is 10.1. The number of nitrogens with two attached hydrogens (primary N) is 1. The first kappa shape index (κ1) is 21.4. The van der Waals surface area contributed by atoms with E-state index in [1.54, 1.807) is 13.3 Å². The standard InChI is InChI=1S/C14H19N5O2.C2HF3O2/c1-21-10-2-4-19(5-3-10)14-11-8-16-9(7-13(15)20)6-12(11)17-18-14;3-2(4,5)1(6)7/h6,8,10H,2-5,7H2,1H3,(H2,15,20)(H,17,18);(H,6,7). The molecule has 0 spiro atoms. The molecule has 0 atom stereocenters. The number of nitrogens with one attached hydrogen (secondary N) is 1. The van der Waals surface area contributed by atoms with Gasteiger partial charge in [-0.1, -0.05) is 0 Å². The van der Waals surface area contributed by atoms with Crippen LogP contribution in [0.2, 0.25) is 0 Å². The first-order chi connectivity index (χ1) is 13.1. The van der Waals surface area contributed by atoms with Gasteiger partial charge in [0.25, 0.3) is 0 Å². The van der Waals surface area contributed by atoms with Gasteiger partial charge in [0, 0.05) is 26.4 Å². The van der Waals surface area contributed by atoms with Gasteiger partial charge in [0.15, 0.2) is 5.82 Å². The molecule has 12 heteroatoms. The largest absolute Gasteiger partial charge is 0.490 e. The number of aromatic amines is 1. The van der Waals surface area contributed by atoms with Crippen LogP contribution in [0.3, 0.4) is 0 Å². The highest BCUT2D eigenvalue weighted by molar-refractivity contribution is 5.90. The number of carbonyl (C=O) groups excluding carboxylic acids is 1. The van der Waals surface area contributed by atoms with Crippen molar-refractivity contribution in [2.45, 2.75) is 31.5 Å². The molecule has 1 fully saturated rings. The smallest absolute Gasteiger partial charge is 0.475 e. The van der Waals surface area contributed by atoms with Crippen LogP contribution < -0.4 is 10.6 Å². The number of methoxy groups -OCH3 is 1. The fraction of sp³-hybridized carbons (Fsp3) is 0.500. The molecule has 2 aromatic heterocycles. The average molecular weight is 403 g/mol. The summed E-state index contributed by atoms with van der Waals surface area (Å²) in [5, 5.41) is 15.5. The van der Waals surface area contributed by atoms with Crippen LogP contribution in [-0.4, -0.2) is 64.6 Å². The number of primary amides is 1. The Labute approximate surface area is 157 Å². The molecule has 1 amide bonds. The van der Waals surface area contributed by atoms with Gasteiger partial charge in [-0.3, -0.25) is 14.9 Å². The third kappa shape index (κ3) is 5.55. The lowest BCUT2D eigenvalue weighted by Gasteiger charge is -2.31. The number of fused-ring (bicyclic) bond motifs is 1. The van der Waals surface area contributed by atoms with Crippen LogP contribution in [0.4, 0.5) is 19.0 Å². The highest BCUT2D eigenvalue weighted by Crippen LogP contribution is 2.27. The number of H-pyrrole nitrogens is 1. The van der Waals surface area contributed by atoms with Gasteiger partial charge < -0.3 is 20.5 Å². The lowest BCUT2D eigenvalue weighted by molar-refractivity contribution is -0.192. The van der Waals surface area contributed by atoms with Crippen molar-refractivity contribution in [3.8, 4) is 0 Å². The molecular weight excluding hydrogens is 383 g/mol. The second-order valence-electron chi connectivity index (χ2n) is 6.14. The molecule has 9 nitrogen and oxygen atoms in total. The van der Waals surface area contributed by atoms with E-state index in [9.17, 15) is 18.0 Å². The Morgan fingerprint density at radius 3 is 2.50 bits per heavy atom. The van der Waals surface area contributed by atoms with Crippen LogP contribution in [0, 0.1) is 0 Å². The predicted molar refractivity (Wildman–Crippen MR) is 92.7 cm³/mol. The molecule has 1 aliphatic heterocycles. The monoisotopic (exact) mass is 403 g/mol. The molecule has 1 aliphatic rings. The van der Waals surface area contributed by atoms with Gasteiger partial charge in [0.2, 0.25) is 5.91 Å². The topological polar surface area (TPSA) is 134 Å². The molecule has 0 aromatic carbocycles. The first-order valence-electron chi connectivity index (χ1n) is 8.31. The summed E-state index contributed by atoms with van der Waals surface area (Å²) in [4.78, 5) is 26.4. The summed E-state index contributed by atoms with van der Waals surface area (Å²) >= 11 is 0. The number of anilines is 1. The summed E-state index contributed by atoms with van der Waals surface area (Å²) in [6.45, 7) is 1.84. The Hall–Kier alpha value is -2.89. The SMILES string of the molecule is COC1CCN(c2n[nH]c3cc(CC(N)=O)ncc23)CC1.O=C(O)C(F)(F)F. The van der Waals surface area contributed by atoms with Gasteiger partial charge in [-0.2, -0.15) is 18.3 Å². The summed E-state index contributed by atoms with van der Waals surface area (Å²) in [7, 11) is 1.76. The number of rotatable bonds is 4. The number of hydrogen-bond acceptors (Lipinski definition) is 6. The summed E-state index contributed by atoms with van der Waals surface area (Å²) in [5.41, 5.74) is 6.73. The van der Waals surface area contributed by atoms with E-state index in [0.717, 1.165) is 42.7 Å². The lowest BCUT2D eigenvalue weighted by Crippen LogP contribution is -2.36. The second-order valence-corrected chi connectivity index (χ2v) is 6.14. The molecule has 4 N–H and O–H groups in total. The number of aliphatic carboxylic acids is 1. The second kappa shape index (κ2) is 8.87. The quantitative estimate of drug-likeness (QED) is 0.699. The Bertz CT molecular complexity index is 831. The highest BCUT2D eigenvalue weighted by atomic mass is 19.4. The minimum atomic E-state index is -5.08. The van der Waals surface area contributed by atoms with Crippen molar-refractivity contribution in [2.75, 3.05) is 25.1 Å². The zero-order valence-corrected chi connectivity index (χ0v) is 15.0. The van der Waals surface area contributed by atoms with Crippen LogP contribution in [0.5, 0.6) is 0 Å². The number of nitrogens with zero attached hydrogens (tertiary/aromatic N) is 3. The number of pyridine rings is 1. The maximum atomic E-state index is 11.0. The number of ether oxygens (including phenoxy) is 1. The molecule has 154 valence electrons. The average Bonchev–Trinajstić information content (AvgIpc) is 3.04. The Morgan fingerprint density at radius 1 is 1.39 bits per heavy atom. The number of carboxylic acid groups (broad SMARTS) is 1. The van der Waals surface area contributed by atoms with Crippen molar-refractivity contribution in [3.05, 3.63) is 18.0 Å². The summed E-state index contributed by atoms with van der Waals surface area (Å²) in [6.07, 6.45) is -0.846. The van der Waals surface area contributed by atoms with Crippen LogP contribution in [-0.2, 0) is 20.7 Å². The predicted octanol–water partition coefficient (Wildman–Crippen LogP) is 1.23. The van der Waals surface area contributed by atoms with E-state index >= 15 is 0 Å². The van der Waals surface area contributed by atoms with E-state index in [0.29, 0.717) is 11.8 Å². The van der Waals surface area contributed by atoms with Crippen LogP contribution in [0.25, 0.3) is 10.9 Å². The number of alkyl halides is 3. The number of piperidine rings is 1. The number of aromatic nitrogens is 3. The molecular formula is C16H20F3N5O4. The van der Waals surface area contributed by atoms with Crippen molar-refractivity contribution in [1.82, 2.24) is 15.2 Å². The Balaban J connectivity index is 0.000000345. The van der Waals surface area contributed by atoms with Crippen LogP contribution in [0.1, 0.15) is 18.5 Å². The van der Waals surface area contributed by atoms with Crippen molar-refractivity contribution in [1.29, 1.82) is 0 Å². The summed E-state index contributed by atoms with van der Waals surface area (Å²) in [6, 6.07) is 1.83. The van der Waals surface area contributed by atoms with Gasteiger partial charge in [0.05, 0.1) is 29.1 Å². The van der Waals surface area contributed by atoms with Gasteiger partial charge in [0.1, 0.15) is 0 Å².